The van der Waals surface area contributed by atoms with E-state index in [1.165, 1.54) is 19.2 Å². The number of aliphatic hydroxyl groups is 1. The number of pyridine rings is 1. The number of hydrogen-bond donors (Lipinski definition) is 6. The van der Waals surface area contributed by atoms with Crippen molar-refractivity contribution in [3.05, 3.63) is 118 Å². The minimum absolute atomic E-state index is 0.0716. The molecule has 2 heterocycles. The molecule has 4 aromatic carbocycles. The maximum atomic E-state index is 13.2. The van der Waals surface area contributed by atoms with Crippen LogP contribution in [0.25, 0.3) is 22.0 Å². The van der Waals surface area contributed by atoms with Gasteiger partial charge in [0.2, 0.25) is 11.5 Å². The Labute approximate surface area is 349 Å². The second-order valence-corrected chi connectivity index (χ2v) is 15.2. The molecule has 0 saturated carbocycles. The van der Waals surface area contributed by atoms with Gasteiger partial charge in [0.05, 0.1) is 57.3 Å². The summed E-state index contributed by atoms with van der Waals surface area (Å²) in [6.45, 7) is 2.49. The summed E-state index contributed by atoms with van der Waals surface area (Å²) in [4.78, 5) is 49.5. The van der Waals surface area contributed by atoms with E-state index < -0.39 is 24.3 Å². The number of hydrogen-bond acceptors (Lipinski definition) is 10. The minimum atomic E-state index is -5.19. The number of aromatic hydroxyl groups is 1. The van der Waals surface area contributed by atoms with Crippen LogP contribution < -0.4 is 31.4 Å². The molecule has 1 aliphatic rings. The predicted octanol–water partition coefficient (Wildman–Crippen LogP) is 5.39. The molecule has 14 nitrogen and oxygen atoms in total. The molecule has 1 aliphatic heterocycles. The smallest absolute Gasteiger partial charge is 0.430 e. The quantitative estimate of drug-likeness (QED) is 0.0835. The summed E-state index contributed by atoms with van der Waals surface area (Å²) < 4.78 is 43.8. The second-order valence-electron chi connectivity index (χ2n) is 15.2. The molecule has 6 rings (SSSR count). The lowest BCUT2D eigenvalue weighted by Crippen LogP contribution is -2.48. The number of alkyl halides is 3. The summed E-state index contributed by atoms with van der Waals surface area (Å²) in [6.07, 6.45) is -4.46. The van der Waals surface area contributed by atoms with Crippen LogP contribution in [0.2, 0.25) is 0 Å². The molecular formula is C44H48F3N5O9. The molecule has 0 radical (unpaired) electrons. The molecular weight excluding hydrogens is 800 g/mol. The topological polar surface area (TPSA) is 202 Å². The van der Waals surface area contributed by atoms with Crippen LogP contribution in [0.5, 0.6) is 11.5 Å². The van der Waals surface area contributed by atoms with Gasteiger partial charge in [-0.25, -0.2) is 4.79 Å². The maximum Gasteiger partial charge on any atom is 0.430 e. The van der Waals surface area contributed by atoms with Gasteiger partial charge in [0.25, 0.3) is 0 Å². The number of carbonyl (C=O) groups is 3. The lowest BCUT2D eigenvalue weighted by Gasteiger charge is -2.36. The van der Waals surface area contributed by atoms with Crippen molar-refractivity contribution < 1.29 is 56.8 Å². The van der Waals surface area contributed by atoms with E-state index in [4.69, 9.17) is 19.4 Å². The number of aliphatic hydroxyl groups excluding tert-OH is 1. The van der Waals surface area contributed by atoms with E-state index in [9.17, 15) is 37.8 Å². The Hall–Kier alpha value is -6.43. The number of aromatic nitrogens is 1. The first-order chi connectivity index (χ1) is 28.9. The number of carboxylic acids is 1. The number of aryl methyl sites for hydroxylation is 1. The maximum absolute atomic E-state index is 13.2. The number of nitrogens with zero attached hydrogens (tertiary/aromatic N) is 1. The summed E-state index contributed by atoms with van der Waals surface area (Å²) in [7, 11) is 5.91. The Kier molecular flexibility index (Phi) is 15.1. The molecule has 1 fully saturated rings. The first kappa shape index (κ1) is 45.7. The fraction of sp³-hybridized carbons (Fsp3) is 0.318. The number of ether oxygens (including phenoxy) is 2. The fourth-order valence-corrected chi connectivity index (χ4v) is 6.82. The number of fused-ring (bicyclic) bond motifs is 1. The minimum Gasteiger partial charge on any atom is -0.542 e. The second kappa shape index (κ2) is 20.2. The third-order valence-electron chi connectivity index (χ3n) is 10.1. The molecule has 6 N–H and O–H groups in total. The number of aliphatic carboxylic acids is 1. The van der Waals surface area contributed by atoms with Gasteiger partial charge < -0.3 is 49.7 Å². The standard InChI is InChI=1S/C42H47N5O7.C2HF3O2/c1-47(2)21-19-30(20-22-47)54-42(52)45-34-23-27(9-12-31(34)29-7-5-4-6-8-29)11-17-39(50)44-35-24-28(10-16-38(35)53-3)25-43-26-37(49)32-13-15-36(48)41-33(32)14-18-40(51)46-41;3-2(4,5)1(6)7/h4-10,12-16,18,23-24,30,37,43,49H,11,17,19-22,25-26H2,1-3H3,(H3-,44,45,46,48,50,51,52);(H,6,7)/t37-;/m0./s1. The van der Waals surface area contributed by atoms with Crippen LogP contribution in [0.3, 0.4) is 0 Å². The Morgan fingerprint density at radius 1 is 0.918 bits per heavy atom. The average Bonchev–Trinajstić information content (AvgIpc) is 3.21. The summed E-state index contributed by atoms with van der Waals surface area (Å²) in [5.41, 5.74) is 5.18. The van der Waals surface area contributed by atoms with Gasteiger partial charge in [0.15, 0.2) is 0 Å². The zero-order valence-corrected chi connectivity index (χ0v) is 33.8. The molecule has 0 spiro atoms. The molecule has 5 aromatic rings. The van der Waals surface area contributed by atoms with Crippen LogP contribution in [-0.4, -0.2) is 90.8 Å². The van der Waals surface area contributed by atoms with Crippen molar-refractivity contribution in [2.75, 3.05) is 51.5 Å². The Morgan fingerprint density at radius 2 is 1.59 bits per heavy atom. The van der Waals surface area contributed by atoms with E-state index in [2.05, 4.69) is 35.0 Å². The summed E-state index contributed by atoms with van der Waals surface area (Å²) in [6, 6.07) is 27.1. The van der Waals surface area contributed by atoms with E-state index in [0.29, 0.717) is 41.0 Å². The number of likely N-dealkylation sites (tertiary alicyclic amines) is 1. The number of nitrogens with one attached hydrogen (secondary N) is 4. The van der Waals surface area contributed by atoms with Gasteiger partial charge in [0, 0.05) is 49.4 Å². The number of rotatable bonds is 13. The number of H-pyrrole nitrogens is 1. The van der Waals surface area contributed by atoms with E-state index in [1.807, 2.05) is 60.7 Å². The number of benzene rings is 4. The summed E-state index contributed by atoms with van der Waals surface area (Å²) in [5.74, 6) is -2.77. The van der Waals surface area contributed by atoms with Gasteiger partial charge in [-0.05, 0) is 59.0 Å². The third-order valence-corrected chi connectivity index (χ3v) is 10.1. The number of phenols is 1. The normalized spacial score (nSPS) is 14.3. The molecule has 0 aliphatic carbocycles. The first-order valence-electron chi connectivity index (χ1n) is 19.4. The number of carboxylic acid groups (broad SMARTS) is 1. The third kappa shape index (κ3) is 13.0. The van der Waals surface area contributed by atoms with Crippen molar-refractivity contribution in [1.29, 1.82) is 0 Å². The lowest BCUT2D eigenvalue weighted by atomic mass is 9.99. The van der Waals surface area contributed by atoms with Gasteiger partial charge in [0.1, 0.15) is 23.6 Å². The first-order valence-corrected chi connectivity index (χ1v) is 19.4. The number of phenolic OH excluding ortho intramolecular Hbond substituents is 1. The molecule has 324 valence electrons. The number of quaternary nitrogens is 1. The van der Waals surface area contributed by atoms with Crippen molar-refractivity contribution in [1.82, 2.24) is 10.3 Å². The molecule has 1 atom stereocenters. The monoisotopic (exact) mass is 847 g/mol. The van der Waals surface area contributed by atoms with Gasteiger partial charge in [-0.3, -0.25) is 14.9 Å². The number of aromatic amines is 1. The highest BCUT2D eigenvalue weighted by Crippen LogP contribution is 2.32. The van der Waals surface area contributed by atoms with E-state index >= 15 is 0 Å². The summed E-state index contributed by atoms with van der Waals surface area (Å²) >= 11 is 0. The highest BCUT2D eigenvalue weighted by molar-refractivity contribution is 5.94. The van der Waals surface area contributed by atoms with Gasteiger partial charge >= 0.3 is 12.3 Å². The number of carbonyl (C=O) groups excluding carboxylic acids is 3. The lowest BCUT2D eigenvalue weighted by molar-refractivity contribution is -0.896. The van der Waals surface area contributed by atoms with Crippen molar-refractivity contribution in [3.63, 3.8) is 0 Å². The van der Waals surface area contributed by atoms with Crippen molar-refractivity contribution in [3.8, 4) is 22.6 Å². The molecule has 1 aromatic heterocycles. The fourth-order valence-electron chi connectivity index (χ4n) is 6.82. The molecule has 2 amide bonds. The van der Waals surface area contributed by atoms with Crippen LogP contribution in [-0.2, 0) is 27.3 Å². The Balaban J connectivity index is 0.000000925. The van der Waals surface area contributed by atoms with Crippen LogP contribution >= 0.6 is 0 Å². The average molecular weight is 848 g/mol. The van der Waals surface area contributed by atoms with Crippen molar-refractivity contribution in [2.45, 2.75) is 50.6 Å². The molecule has 17 heteroatoms. The number of halogens is 3. The van der Waals surface area contributed by atoms with Crippen LogP contribution in [0.1, 0.15) is 42.1 Å². The molecule has 0 bridgehead atoms. The Bertz CT molecular complexity index is 2380. The van der Waals surface area contributed by atoms with Crippen molar-refractivity contribution >= 4 is 40.2 Å². The molecule has 0 unspecified atom stereocenters. The van der Waals surface area contributed by atoms with Crippen LogP contribution in [0.4, 0.5) is 29.3 Å². The van der Waals surface area contributed by atoms with Gasteiger partial charge in [-0.1, -0.05) is 54.6 Å². The van der Waals surface area contributed by atoms with Crippen LogP contribution in [0, 0.1) is 0 Å². The Morgan fingerprint density at radius 3 is 2.26 bits per heavy atom. The highest BCUT2D eigenvalue weighted by atomic mass is 19.4. The highest BCUT2D eigenvalue weighted by Gasteiger charge is 2.29. The largest absolute Gasteiger partial charge is 0.542 e. The number of anilines is 2. The van der Waals surface area contributed by atoms with Gasteiger partial charge in [-0.15, -0.1) is 0 Å². The van der Waals surface area contributed by atoms with E-state index in [1.54, 1.807) is 18.2 Å². The van der Waals surface area contributed by atoms with Crippen molar-refractivity contribution in [2.24, 2.45) is 0 Å². The molecule has 1 saturated heterocycles. The molecule has 61 heavy (non-hydrogen) atoms. The zero-order valence-electron chi connectivity index (χ0n) is 33.8. The number of amides is 2. The summed E-state index contributed by atoms with van der Waals surface area (Å²) in [5, 5.41) is 39.6. The van der Waals surface area contributed by atoms with E-state index in [0.717, 1.165) is 52.7 Å². The van der Waals surface area contributed by atoms with Crippen LogP contribution in [0.15, 0.2) is 95.8 Å². The zero-order chi connectivity index (χ0) is 44.3. The number of methoxy groups -OCH3 is 1. The predicted molar refractivity (Wildman–Crippen MR) is 221 cm³/mol. The van der Waals surface area contributed by atoms with Gasteiger partial charge in [-0.2, -0.15) is 13.2 Å². The SMILES string of the molecule is COc1ccc(CNC[C@H](O)c2ccc(O)c3[nH]c(=O)ccc23)cc1NC(=O)CCc1ccc(-c2ccccc2)c(NC(=O)OC2CC[N+](C)(C)CC2)c1.O=C([O-])C(F)(F)F. The number of piperidine rings is 1. The van der Waals surface area contributed by atoms with E-state index in [-0.39, 0.29) is 41.8 Å².